The first kappa shape index (κ1) is 20.9. The van der Waals surface area contributed by atoms with Crippen LogP contribution in [0.15, 0.2) is 53.3 Å². The predicted molar refractivity (Wildman–Crippen MR) is 106 cm³/mol. The molecule has 0 unspecified atom stereocenters. The second-order valence-corrected chi connectivity index (χ2v) is 9.11. The average molecular weight is 407 g/mol. The van der Waals surface area contributed by atoms with Gasteiger partial charge in [-0.05, 0) is 48.6 Å². The van der Waals surface area contributed by atoms with Crippen molar-refractivity contribution in [3.63, 3.8) is 0 Å². The molecule has 0 bridgehead atoms. The van der Waals surface area contributed by atoms with Crippen molar-refractivity contribution < 1.29 is 18.0 Å². The van der Waals surface area contributed by atoms with Crippen LogP contribution in [0.1, 0.15) is 21.3 Å². The van der Waals surface area contributed by atoms with E-state index in [0.717, 1.165) is 11.1 Å². The topological polar surface area (TPSA) is 92.3 Å². The van der Waals surface area contributed by atoms with E-state index in [2.05, 4.69) is 17.2 Å². The molecule has 1 aromatic carbocycles. The van der Waals surface area contributed by atoms with Crippen molar-refractivity contribution in [2.45, 2.75) is 24.0 Å². The van der Waals surface area contributed by atoms with Crippen LogP contribution in [0.5, 0.6) is 0 Å². The van der Waals surface area contributed by atoms with E-state index in [1.54, 1.807) is 35.7 Å². The van der Waals surface area contributed by atoms with Crippen LogP contribution < -0.4 is 10.6 Å². The fourth-order valence-electron chi connectivity index (χ4n) is 2.40. The summed E-state index contributed by atoms with van der Waals surface area (Å²) in [6.45, 7) is 7.17. The number of hydrogen-bond acceptors (Lipinski definition) is 5. The molecule has 27 heavy (non-hydrogen) atoms. The molecule has 0 fully saturated rings. The molecule has 2 amide bonds. The van der Waals surface area contributed by atoms with Gasteiger partial charge in [-0.1, -0.05) is 18.2 Å². The lowest BCUT2D eigenvalue weighted by Gasteiger charge is -2.18. The first-order valence-corrected chi connectivity index (χ1v) is 10.7. The molecule has 8 heteroatoms. The van der Waals surface area contributed by atoms with Gasteiger partial charge in [0, 0.05) is 18.0 Å². The Morgan fingerprint density at radius 1 is 1.15 bits per heavy atom. The minimum atomic E-state index is -3.75. The third-order valence-corrected chi connectivity index (χ3v) is 7.32. The normalized spacial score (nSPS) is 12.2. The predicted octanol–water partition coefficient (Wildman–Crippen LogP) is 2.30. The number of aryl methyl sites for hydroxylation is 2. The number of benzene rings is 1. The van der Waals surface area contributed by atoms with Crippen molar-refractivity contribution >= 4 is 33.0 Å². The van der Waals surface area contributed by atoms with Crippen LogP contribution in [-0.4, -0.2) is 33.3 Å². The van der Waals surface area contributed by atoms with E-state index in [9.17, 15) is 18.0 Å². The van der Waals surface area contributed by atoms with E-state index < -0.39 is 26.9 Å². The number of amides is 2. The SMILES string of the molecule is C=CCNC(=O)C(=O)NC[C@@H](c1cccs1)S(=O)(=O)c1ccc(C)c(C)c1. The molecule has 2 aromatic rings. The van der Waals surface area contributed by atoms with Gasteiger partial charge in [0.25, 0.3) is 0 Å². The summed E-state index contributed by atoms with van der Waals surface area (Å²) in [4.78, 5) is 24.4. The maximum absolute atomic E-state index is 13.2. The molecule has 2 N–H and O–H groups in total. The first-order chi connectivity index (χ1) is 12.8. The second-order valence-electron chi connectivity index (χ2n) is 6.00. The third kappa shape index (κ3) is 5.05. The number of carbonyl (C=O) groups excluding carboxylic acids is 2. The van der Waals surface area contributed by atoms with E-state index in [1.165, 1.54) is 17.4 Å². The zero-order valence-electron chi connectivity index (χ0n) is 15.2. The quantitative estimate of drug-likeness (QED) is 0.545. The zero-order chi connectivity index (χ0) is 20.0. The van der Waals surface area contributed by atoms with Crippen LogP contribution in [0.25, 0.3) is 0 Å². The number of hydrogen-bond donors (Lipinski definition) is 2. The van der Waals surface area contributed by atoms with Gasteiger partial charge in [0.15, 0.2) is 9.84 Å². The summed E-state index contributed by atoms with van der Waals surface area (Å²) in [7, 11) is -3.75. The lowest BCUT2D eigenvalue weighted by atomic mass is 10.1. The van der Waals surface area contributed by atoms with Gasteiger partial charge in [-0.3, -0.25) is 9.59 Å². The van der Waals surface area contributed by atoms with Gasteiger partial charge >= 0.3 is 11.8 Å². The number of thiophene rings is 1. The Balaban J connectivity index is 2.27. The van der Waals surface area contributed by atoms with Crippen LogP contribution in [0.3, 0.4) is 0 Å². The third-order valence-electron chi connectivity index (χ3n) is 4.10. The molecule has 0 spiro atoms. The van der Waals surface area contributed by atoms with Gasteiger partial charge in [-0.15, -0.1) is 17.9 Å². The fourth-order valence-corrected chi connectivity index (χ4v) is 5.27. The molecule has 6 nitrogen and oxygen atoms in total. The van der Waals surface area contributed by atoms with Crippen LogP contribution in [0.4, 0.5) is 0 Å². The summed E-state index contributed by atoms with van der Waals surface area (Å²) in [5, 5.41) is 5.58. The van der Waals surface area contributed by atoms with Gasteiger partial charge in [0.05, 0.1) is 4.90 Å². The van der Waals surface area contributed by atoms with E-state index in [0.29, 0.717) is 4.88 Å². The van der Waals surface area contributed by atoms with Crippen molar-refractivity contribution in [3.05, 3.63) is 64.4 Å². The highest BCUT2D eigenvalue weighted by Gasteiger charge is 2.31. The maximum atomic E-state index is 13.2. The molecule has 1 atom stereocenters. The Morgan fingerprint density at radius 2 is 1.85 bits per heavy atom. The van der Waals surface area contributed by atoms with E-state index in [4.69, 9.17) is 0 Å². The van der Waals surface area contributed by atoms with Gasteiger partial charge in [-0.25, -0.2) is 8.42 Å². The monoisotopic (exact) mass is 406 g/mol. The highest BCUT2D eigenvalue weighted by atomic mass is 32.2. The van der Waals surface area contributed by atoms with Crippen LogP contribution >= 0.6 is 11.3 Å². The first-order valence-electron chi connectivity index (χ1n) is 8.29. The lowest BCUT2D eigenvalue weighted by Crippen LogP contribution is -2.42. The van der Waals surface area contributed by atoms with Crippen LogP contribution in [0, 0.1) is 13.8 Å². The lowest BCUT2D eigenvalue weighted by molar-refractivity contribution is -0.139. The Hall–Kier alpha value is -2.45. The van der Waals surface area contributed by atoms with Crippen LogP contribution in [0.2, 0.25) is 0 Å². The Labute approximate surface area is 163 Å². The number of nitrogens with one attached hydrogen (secondary N) is 2. The highest BCUT2D eigenvalue weighted by molar-refractivity contribution is 7.91. The molecule has 0 aliphatic rings. The summed E-state index contributed by atoms with van der Waals surface area (Å²) < 4.78 is 26.4. The Kier molecular flexibility index (Phi) is 6.92. The minimum Gasteiger partial charge on any atom is -0.346 e. The van der Waals surface area contributed by atoms with Crippen molar-refractivity contribution in [1.29, 1.82) is 0 Å². The number of carbonyl (C=O) groups is 2. The molecular formula is C19H22N2O4S2. The van der Waals surface area contributed by atoms with Crippen LogP contribution in [-0.2, 0) is 19.4 Å². The summed E-state index contributed by atoms with van der Waals surface area (Å²) in [5.74, 6) is -1.71. The number of sulfone groups is 1. The standard InChI is InChI=1S/C19H22N2O4S2/c1-4-9-20-18(22)19(23)21-12-17(16-6-5-10-26-16)27(24,25)15-8-7-13(2)14(3)11-15/h4-8,10-11,17H,1,9,12H2,2-3H3,(H,20,22)(H,21,23)/t17-/m0/s1. The van der Waals surface area contributed by atoms with Crippen molar-refractivity contribution in [2.24, 2.45) is 0 Å². The molecule has 1 heterocycles. The molecule has 0 saturated carbocycles. The fraction of sp³-hybridized carbons (Fsp3) is 0.263. The largest absolute Gasteiger partial charge is 0.346 e. The summed E-state index contributed by atoms with van der Waals surface area (Å²) in [6, 6.07) is 8.41. The molecular weight excluding hydrogens is 384 g/mol. The average Bonchev–Trinajstić information content (AvgIpc) is 3.15. The van der Waals surface area contributed by atoms with Gasteiger partial charge in [0.2, 0.25) is 0 Å². The molecule has 2 rings (SSSR count). The molecule has 1 aromatic heterocycles. The molecule has 0 radical (unpaired) electrons. The van der Waals surface area contributed by atoms with Crippen molar-refractivity contribution in [1.82, 2.24) is 10.6 Å². The van der Waals surface area contributed by atoms with Crippen molar-refractivity contribution in [3.8, 4) is 0 Å². The molecule has 0 aliphatic heterocycles. The van der Waals surface area contributed by atoms with E-state index in [-0.39, 0.29) is 18.0 Å². The van der Waals surface area contributed by atoms with Gasteiger partial charge in [-0.2, -0.15) is 0 Å². The van der Waals surface area contributed by atoms with Gasteiger partial charge in [0.1, 0.15) is 5.25 Å². The second kappa shape index (κ2) is 8.96. The molecule has 0 saturated heterocycles. The Morgan fingerprint density at radius 3 is 2.44 bits per heavy atom. The van der Waals surface area contributed by atoms with Gasteiger partial charge < -0.3 is 10.6 Å². The maximum Gasteiger partial charge on any atom is 0.309 e. The minimum absolute atomic E-state index is 0.154. The summed E-state index contributed by atoms with van der Waals surface area (Å²) in [5.41, 5.74) is 1.86. The van der Waals surface area contributed by atoms with E-state index >= 15 is 0 Å². The smallest absolute Gasteiger partial charge is 0.309 e. The number of rotatable bonds is 7. The molecule has 144 valence electrons. The highest BCUT2D eigenvalue weighted by Crippen LogP contribution is 2.32. The summed E-state index contributed by atoms with van der Waals surface area (Å²) in [6.07, 6.45) is 1.45. The van der Waals surface area contributed by atoms with E-state index in [1.807, 2.05) is 13.8 Å². The van der Waals surface area contributed by atoms with Crippen molar-refractivity contribution in [2.75, 3.05) is 13.1 Å². The Bertz CT molecular complexity index is 935. The zero-order valence-corrected chi connectivity index (χ0v) is 16.8. The molecule has 0 aliphatic carbocycles. The summed E-state index contributed by atoms with van der Waals surface area (Å²) >= 11 is 1.29.